The van der Waals surface area contributed by atoms with E-state index < -0.39 is 0 Å². The molecule has 5 nitrogen and oxygen atoms in total. The molecule has 2 aliphatic heterocycles. The number of nitrogens with zero attached hydrogens (tertiary/aromatic N) is 4. The summed E-state index contributed by atoms with van der Waals surface area (Å²) in [6.07, 6.45) is 0.693. The van der Waals surface area contributed by atoms with Gasteiger partial charge in [0.15, 0.2) is 0 Å². The van der Waals surface area contributed by atoms with Gasteiger partial charge in [-0.1, -0.05) is 71.8 Å². The minimum atomic E-state index is -0.201. The Morgan fingerprint density at radius 2 is 1.51 bits per heavy atom. The van der Waals surface area contributed by atoms with Crippen molar-refractivity contribution in [2.24, 2.45) is 5.10 Å². The first-order valence-corrected chi connectivity index (χ1v) is 12.2. The van der Waals surface area contributed by atoms with Gasteiger partial charge >= 0.3 is 0 Å². The van der Waals surface area contributed by atoms with Crippen molar-refractivity contribution in [2.75, 3.05) is 37.6 Å². The molecule has 0 saturated carbocycles. The first-order chi connectivity index (χ1) is 17.0. The molecule has 180 valence electrons. The van der Waals surface area contributed by atoms with Crippen LogP contribution in [0.5, 0.6) is 0 Å². The second-order valence-electron chi connectivity index (χ2n) is 9.50. The molecule has 0 aromatic heterocycles. The van der Waals surface area contributed by atoms with Crippen molar-refractivity contribution in [1.29, 1.82) is 0 Å². The average Bonchev–Trinajstić information content (AvgIpc) is 3.31. The van der Waals surface area contributed by atoms with Gasteiger partial charge in [0.25, 0.3) is 5.91 Å². The van der Waals surface area contributed by atoms with Crippen LogP contribution in [0.15, 0.2) is 77.9 Å². The van der Waals surface area contributed by atoms with Crippen LogP contribution in [-0.2, 0) is 4.79 Å². The summed E-state index contributed by atoms with van der Waals surface area (Å²) in [4.78, 5) is 17.7. The quantitative estimate of drug-likeness (QED) is 0.530. The van der Waals surface area contributed by atoms with Gasteiger partial charge < -0.3 is 4.90 Å². The van der Waals surface area contributed by atoms with Crippen LogP contribution in [0, 0.1) is 19.7 Å². The summed E-state index contributed by atoms with van der Waals surface area (Å²) in [5.74, 6) is -0.204. The van der Waals surface area contributed by atoms with E-state index in [1.165, 1.54) is 17.2 Å². The molecule has 2 heterocycles. The van der Waals surface area contributed by atoms with Gasteiger partial charge in [-0.15, -0.1) is 0 Å². The molecule has 1 amide bonds. The van der Waals surface area contributed by atoms with Gasteiger partial charge in [-0.2, -0.15) is 5.10 Å². The molecule has 3 aromatic rings. The van der Waals surface area contributed by atoms with Crippen LogP contribution in [0.4, 0.5) is 10.1 Å². The number of anilines is 1. The topological polar surface area (TPSA) is 39.2 Å². The summed E-state index contributed by atoms with van der Waals surface area (Å²) >= 11 is 0. The molecule has 1 saturated heterocycles. The number of carbonyl (C=O) groups is 1. The van der Waals surface area contributed by atoms with Crippen molar-refractivity contribution in [2.45, 2.75) is 26.3 Å². The molecule has 6 heteroatoms. The lowest BCUT2D eigenvalue weighted by atomic mass is 9.97. The van der Waals surface area contributed by atoms with E-state index in [2.05, 4.69) is 72.2 Å². The number of amides is 1. The monoisotopic (exact) mass is 470 g/mol. The Morgan fingerprint density at radius 1 is 0.886 bits per heavy atom. The number of carbonyl (C=O) groups excluding carboxylic acids is 1. The van der Waals surface area contributed by atoms with E-state index in [9.17, 15) is 9.18 Å². The normalized spacial score (nSPS) is 18.6. The number of piperazine rings is 1. The molecule has 0 N–H and O–H groups in total. The molecule has 2 aliphatic rings. The molecular formula is C29H31FN4O. The largest absolute Gasteiger partial charge is 0.367 e. The van der Waals surface area contributed by atoms with Crippen molar-refractivity contribution in [3.63, 3.8) is 0 Å². The van der Waals surface area contributed by atoms with Crippen LogP contribution in [0.3, 0.4) is 0 Å². The van der Waals surface area contributed by atoms with E-state index >= 15 is 0 Å². The lowest BCUT2D eigenvalue weighted by Gasteiger charge is -2.36. The van der Waals surface area contributed by atoms with Gasteiger partial charge in [-0.05, 0) is 37.1 Å². The minimum absolute atomic E-state index is 0.00275. The summed E-state index contributed by atoms with van der Waals surface area (Å²) in [5.41, 5.74) is 6.11. The Kier molecular flexibility index (Phi) is 6.64. The SMILES string of the molecule is Cc1ccc(C2=NN(C(=O)CN3CCN(c4ccccc4F)CC3)[C@H](c3ccc(C)cc3)C2)cc1. The number of aryl methyl sites for hydroxylation is 2. The van der Waals surface area contributed by atoms with Crippen molar-refractivity contribution in [3.8, 4) is 0 Å². The van der Waals surface area contributed by atoms with Crippen LogP contribution in [0.25, 0.3) is 0 Å². The third-order valence-electron chi connectivity index (χ3n) is 6.94. The molecule has 1 fully saturated rings. The van der Waals surface area contributed by atoms with Crippen LogP contribution >= 0.6 is 0 Å². The highest BCUT2D eigenvalue weighted by Crippen LogP contribution is 2.33. The smallest absolute Gasteiger partial charge is 0.257 e. The van der Waals surface area contributed by atoms with E-state index in [-0.39, 0.29) is 17.8 Å². The third-order valence-corrected chi connectivity index (χ3v) is 6.94. The summed E-state index contributed by atoms with van der Waals surface area (Å²) in [6, 6.07) is 23.5. The van der Waals surface area contributed by atoms with E-state index in [0.29, 0.717) is 44.8 Å². The number of benzene rings is 3. The van der Waals surface area contributed by atoms with Gasteiger partial charge in [0.2, 0.25) is 0 Å². The lowest BCUT2D eigenvalue weighted by Crippen LogP contribution is -2.49. The van der Waals surface area contributed by atoms with Gasteiger partial charge in [-0.25, -0.2) is 9.40 Å². The maximum absolute atomic E-state index is 14.2. The summed E-state index contributed by atoms with van der Waals surface area (Å²) < 4.78 is 14.2. The Bertz CT molecular complexity index is 1210. The van der Waals surface area contributed by atoms with E-state index in [1.54, 1.807) is 11.1 Å². The number of hydrogen-bond acceptors (Lipinski definition) is 4. The molecule has 0 unspecified atom stereocenters. The first-order valence-electron chi connectivity index (χ1n) is 12.2. The molecule has 0 bridgehead atoms. The van der Waals surface area contributed by atoms with E-state index in [4.69, 9.17) is 5.10 Å². The molecule has 0 radical (unpaired) electrons. The summed E-state index contributed by atoms with van der Waals surface area (Å²) in [5, 5.41) is 6.51. The van der Waals surface area contributed by atoms with Gasteiger partial charge in [0.05, 0.1) is 24.0 Å². The number of rotatable bonds is 5. The zero-order valence-electron chi connectivity index (χ0n) is 20.3. The Morgan fingerprint density at radius 3 is 2.17 bits per heavy atom. The van der Waals surface area contributed by atoms with E-state index in [1.807, 2.05) is 12.1 Å². The minimum Gasteiger partial charge on any atom is -0.367 e. The Hall–Kier alpha value is -3.51. The maximum Gasteiger partial charge on any atom is 0.257 e. The second kappa shape index (κ2) is 10.0. The third kappa shape index (κ3) is 5.13. The fraction of sp³-hybridized carbons (Fsp3) is 0.310. The molecular weight excluding hydrogens is 439 g/mol. The first kappa shape index (κ1) is 23.2. The van der Waals surface area contributed by atoms with Crippen LogP contribution in [0.1, 0.15) is 34.7 Å². The van der Waals surface area contributed by atoms with Crippen LogP contribution < -0.4 is 4.90 Å². The predicted octanol–water partition coefficient (Wildman–Crippen LogP) is 4.94. The Labute approximate surface area is 206 Å². The molecule has 3 aromatic carbocycles. The van der Waals surface area contributed by atoms with Crippen LogP contribution in [0.2, 0.25) is 0 Å². The zero-order chi connectivity index (χ0) is 24.4. The maximum atomic E-state index is 14.2. The molecule has 5 rings (SSSR count). The number of hydrogen-bond donors (Lipinski definition) is 0. The molecule has 35 heavy (non-hydrogen) atoms. The van der Waals surface area contributed by atoms with Gasteiger partial charge in [-0.3, -0.25) is 9.69 Å². The molecule has 0 spiro atoms. The number of hydrazone groups is 1. The van der Waals surface area contributed by atoms with Gasteiger partial charge in [0, 0.05) is 32.6 Å². The van der Waals surface area contributed by atoms with Crippen molar-refractivity contribution in [3.05, 3.63) is 101 Å². The fourth-order valence-corrected chi connectivity index (χ4v) is 4.83. The van der Waals surface area contributed by atoms with Crippen LogP contribution in [-0.4, -0.2) is 54.3 Å². The van der Waals surface area contributed by atoms with Crippen molar-refractivity contribution < 1.29 is 9.18 Å². The average molecular weight is 471 g/mol. The van der Waals surface area contributed by atoms with Crippen molar-refractivity contribution >= 4 is 17.3 Å². The summed E-state index contributed by atoms with van der Waals surface area (Å²) in [7, 11) is 0. The summed E-state index contributed by atoms with van der Waals surface area (Å²) in [6.45, 7) is 7.22. The highest BCUT2D eigenvalue weighted by Gasteiger charge is 2.34. The van der Waals surface area contributed by atoms with Gasteiger partial charge in [0.1, 0.15) is 5.82 Å². The predicted molar refractivity (Wildman–Crippen MR) is 138 cm³/mol. The number of para-hydroxylation sites is 1. The zero-order valence-corrected chi connectivity index (χ0v) is 20.3. The molecule has 1 atom stereocenters. The lowest BCUT2D eigenvalue weighted by molar-refractivity contribution is -0.134. The second-order valence-corrected chi connectivity index (χ2v) is 9.50. The standard InChI is InChI=1S/C29H31FN4O/c1-21-7-11-23(12-8-21)26-19-28(24-13-9-22(2)10-14-24)34(31-26)29(35)20-32-15-17-33(18-16-32)27-6-4-3-5-25(27)30/h3-14,28H,15-20H2,1-2H3/t28-/m0/s1. The highest BCUT2D eigenvalue weighted by molar-refractivity contribution is 6.03. The van der Waals surface area contributed by atoms with Crippen molar-refractivity contribution in [1.82, 2.24) is 9.91 Å². The fourth-order valence-electron chi connectivity index (χ4n) is 4.83. The molecule has 0 aliphatic carbocycles. The van der Waals surface area contributed by atoms with E-state index in [0.717, 1.165) is 16.8 Å². The highest BCUT2D eigenvalue weighted by atomic mass is 19.1. The Balaban J connectivity index is 1.30. The number of halogens is 1.